The Morgan fingerprint density at radius 2 is 0.750 bits per heavy atom. The van der Waals surface area contributed by atoms with Crippen molar-refractivity contribution in [3.05, 3.63) is 0 Å². The van der Waals surface area contributed by atoms with Gasteiger partial charge in [0.1, 0.15) is 26.2 Å². The second-order valence-corrected chi connectivity index (χ2v) is 6.54. The molecule has 0 aromatic heterocycles. The third-order valence-corrected chi connectivity index (χ3v) is 5.54. The molecule has 3 aliphatic rings. The van der Waals surface area contributed by atoms with Gasteiger partial charge in [0.15, 0.2) is 0 Å². The molecule has 0 radical (unpaired) electrons. The number of nitrogens with zero attached hydrogens (tertiary/aromatic N) is 4. The minimum atomic E-state index is 0. The highest BCUT2D eigenvalue weighted by Crippen LogP contribution is 2.22. The lowest BCUT2D eigenvalue weighted by molar-refractivity contribution is -1.03. The first-order valence-corrected chi connectivity index (χ1v) is 7.31. The summed E-state index contributed by atoms with van der Waals surface area (Å²) in [5.41, 5.74) is 0. The van der Waals surface area contributed by atoms with Crippen molar-refractivity contribution in [1.82, 2.24) is 10.0 Å². The highest BCUT2D eigenvalue weighted by atomic mass is 35.5. The summed E-state index contributed by atoms with van der Waals surface area (Å²) >= 11 is 0. The Morgan fingerprint density at radius 1 is 0.500 bits per heavy atom. The zero-order chi connectivity index (χ0) is 12.6. The van der Waals surface area contributed by atoms with Crippen molar-refractivity contribution >= 4 is 0 Å². The largest absolute Gasteiger partial charge is 1.00 e. The summed E-state index contributed by atoms with van der Waals surface area (Å²) in [6, 6.07) is 0. The van der Waals surface area contributed by atoms with E-state index in [0.717, 1.165) is 26.2 Å². The maximum atomic E-state index is 5.88. The molecule has 0 atom stereocenters. The Kier molecular flexibility index (Phi) is 6.50. The van der Waals surface area contributed by atoms with E-state index >= 15 is 0 Å². The van der Waals surface area contributed by atoms with Gasteiger partial charge in [0.05, 0.1) is 52.4 Å². The zero-order valence-corrected chi connectivity index (χ0v) is 13.7. The van der Waals surface area contributed by atoms with E-state index in [2.05, 4.69) is 0 Å². The molecule has 0 unspecified atom stereocenters. The molecule has 0 bridgehead atoms. The summed E-state index contributed by atoms with van der Waals surface area (Å²) in [5.74, 6) is 11.8. The van der Waals surface area contributed by atoms with Crippen LogP contribution in [0.15, 0.2) is 0 Å². The lowest BCUT2D eigenvalue weighted by Crippen LogP contribution is -3.00. The third kappa shape index (κ3) is 3.75. The molecule has 8 heteroatoms. The molecule has 0 aromatic carbocycles. The van der Waals surface area contributed by atoms with E-state index in [1.54, 1.807) is 0 Å². The fourth-order valence-electron chi connectivity index (χ4n) is 3.78. The highest BCUT2D eigenvalue weighted by Gasteiger charge is 2.44. The average Bonchev–Trinajstić information content (AvgIpc) is 2.41. The summed E-state index contributed by atoms with van der Waals surface area (Å²) in [6.07, 6.45) is 0. The van der Waals surface area contributed by atoms with Crippen LogP contribution in [-0.4, -0.2) is 97.5 Å². The Balaban J connectivity index is 0.000001000. The van der Waals surface area contributed by atoms with E-state index in [0.29, 0.717) is 0 Å². The summed E-state index contributed by atoms with van der Waals surface area (Å²) < 4.78 is 2.64. The molecule has 3 rings (SSSR count). The van der Waals surface area contributed by atoms with Crippen LogP contribution in [0.5, 0.6) is 0 Å². The van der Waals surface area contributed by atoms with Gasteiger partial charge in [-0.15, -0.1) is 0 Å². The first kappa shape index (κ1) is 18.4. The van der Waals surface area contributed by atoms with E-state index in [4.69, 9.17) is 11.7 Å². The molecule has 4 N–H and O–H groups in total. The summed E-state index contributed by atoms with van der Waals surface area (Å²) in [4.78, 5) is 0. The molecule has 0 amide bonds. The van der Waals surface area contributed by atoms with E-state index < -0.39 is 0 Å². The molecule has 0 aromatic rings. The smallest absolute Gasteiger partial charge is 0.129 e. The standard InChI is InChI=1S/C12H28N6.2ClH/c13-15-1-5-17(6-2-15)9-11-18(12-10-17)7-3-16(14)4-8-18;;/h1-14H2;2*1H/q+2;;/p-2. The molecule has 2 spiro atoms. The van der Waals surface area contributed by atoms with Crippen LogP contribution >= 0.6 is 0 Å². The van der Waals surface area contributed by atoms with Gasteiger partial charge < -0.3 is 33.8 Å². The van der Waals surface area contributed by atoms with E-state index in [9.17, 15) is 0 Å². The molecule has 0 aliphatic carbocycles. The van der Waals surface area contributed by atoms with Gasteiger partial charge in [-0.2, -0.15) is 0 Å². The first-order valence-electron chi connectivity index (χ1n) is 7.31. The number of hydrazine groups is 2. The zero-order valence-electron chi connectivity index (χ0n) is 12.2. The predicted octanol–water partition coefficient (Wildman–Crippen LogP) is -7.98. The molecule has 3 saturated heterocycles. The molecule has 120 valence electrons. The molecular weight excluding hydrogens is 299 g/mol. The molecule has 3 heterocycles. The van der Waals surface area contributed by atoms with E-state index in [1.165, 1.54) is 61.3 Å². The van der Waals surface area contributed by atoms with Crippen LogP contribution in [0.3, 0.4) is 0 Å². The van der Waals surface area contributed by atoms with Crippen molar-refractivity contribution in [2.45, 2.75) is 0 Å². The summed E-state index contributed by atoms with van der Waals surface area (Å²) in [7, 11) is 0. The number of hydrogen-bond donors (Lipinski definition) is 2. The predicted molar refractivity (Wildman–Crippen MR) is 71.0 cm³/mol. The normalized spacial score (nSPS) is 29.7. The minimum Gasteiger partial charge on any atom is -1.00 e. The minimum absolute atomic E-state index is 0. The van der Waals surface area contributed by atoms with Crippen LogP contribution in [0.2, 0.25) is 0 Å². The Hall–Kier alpha value is 0.340. The van der Waals surface area contributed by atoms with Crippen molar-refractivity contribution in [3.63, 3.8) is 0 Å². The molecule has 3 fully saturated rings. The fourth-order valence-corrected chi connectivity index (χ4v) is 3.78. The van der Waals surface area contributed by atoms with Crippen molar-refractivity contribution < 1.29 is 33.8 Å². The van der Waals surface area contributed by atoms with E-state index in [1.807, 2.05) is 10.0 Å². The number of halogens is 2. The second kappa shape index (κ2) is 7.07. The second-order valence-electron chi connectivity index (χ2n) is 6.54. The van der Waals surface area contributed by atoms with Gasteiger partial charge in [0, 0.05) is 0 Å². The van der Waals surface area contributed by atoms with Crippen molar-refractivity contribution in [2.75, 3.05) is 78.5 Å². The van der Waals surface area contributed by atoms with E-state index in [-0.39, 0.29) is 24.8 Å². The van der Waals surface area contributed by atoms with Gasteiger partial charge in [-0.1, -0.05) is 0 Å². The number of rotatable bonds is 0. The number of hydrogen-bond acceptors (Lipinski definition) is 4. The molecule has 20 heavy (non-hydrogen) atoms. The van der Waals surface area contributed by atoms with Gasteiger partial charge >= 0.3 is 0 Å². The lowest BCUT2D eigenvalue weighted by Gasteiger charge is -2.53. The van der Waals surface area contributed by atoms with Gasteiger partial charge in [0.25, 0.3) is 0 Å². The maximum absolute atomic E-state index is 5.88. The van der Waals surface area contributed by atoms with Crippen LogP contribution in [-0.2, 0) is 0 Å². The number of piperazine rings is 3. The molecule has 3 aliphatic heterocycles. The van der Waals surface area contributed by atoms with Crippen molar-refractivity contribution in [2.24, 2.45) is 11.7 Å². The maximum Gasteiger partial charge on any atom is 0.129 e. The van der Waals surface area contributed by atoms with Gasteiger partial charge in [-0.05, 0) is 0 Å². The first-order chi connectivity index (χ1) is 8.62. The Labute approximate surface area is 134 Å². The molecule has 6 nitrogen and oxygen atoms in total. The SMILES string of the molecule is NN1CC[N+]2(CC1)CC[N+]1(CCN(N)CC1)CC2.[Cl-].[Cl-]. The number of nitrogens with two attached hydrogens (primary N) is 2. The van der Waals surface area contributed by atoms with Crippen LogP contribution < -0.4 is 36.5 Å². The quantitative estimate of drug-likeness (QED) is 0.343. The monoisotopic (exact) mass is 326 g/mol. The molecule has 0 saturated carbocycles. The van der Waals surface area contributed by atoms with Crippen LogP contribution in [0.4, 0.5) is 0 Å². The average molecular weight is 327 g/mol. The third-order valence-electron chi connectivity index (χ3n) is 5.54. The Morgan fingerprint density at radius 3 is 1.00 bits per heavy atom. The summed E-state index contributed by atoms with van der Waals surface area (Å²) in [6.45, 7) is 14.6. The van der Waals surface area contributed by atoms with Gasteiger partial charge in [0.2, 0.25) is 0 Å². The van der Waals surface area contributed by atoms with Crippen LogP contribution in [0.1, 0.15) is 0 Å². The highest BCUT2D eigenvalue weighted by molar-refractivity contribution is 4.66. The van der Waals surface area contributed by atoms with Gasteiger partial charge in [-0.3, -0.25) is 11.7 Å². The lowest BCUT2D eigenvalue weighted by atomic mass is 10.1. The van der Waals surface area contributed by atoms with Crippen molar-refractivity contribution in [3.8, 4) is 0 Å². The molecular formula is C12H28Cl2N6. The topological polar surface area (TPSA) is 58.5 Å². The Bertz CT molecular complexity index is 258. The fraction of sp³-hybridized carbons (Fsp3) is 1.00. The summed E-state index contributed by atoms with van der Waals surface area (Å²) in [5, 5.41) is 3.96. The van der Waals surface area contributed by atoms with Crippen LogP contribution in [0.25, 0.3) is 0 Å². The van der Waals surface area contributed by atoms with Crippen molar-refractivity contribution in [1.29, 1.82) is 0 Å². The number of quaternary nitrogens is 2. The van der Waals surface area contributed by atoms with Crippen LogP contribution in [0, 0.1) is 0 Å². The van der Waals surface area contributed by atoms with Gasteiger partial charge in [-0.25, -0.2) is 10.0 Å².